The first-order chi connectivity index (χ1) is 15.9. The maximum absolute atomic E-state index is 11.3. The number of hydrogen-bond acceptors (Lipinski definition) is 8. The minimum atomic E-state index is -0.963. The van der Waals surface area contributed by atoms with Gasteiger partial charge in [-0.3, -0.25) is 0 Å². The van der Waals surface area contributed by atoms with Crippen molar-refractivity contribution in [3.05, 3.63) is 41.2 Å². The van der Waals surface area contributed by atoms with Crippen LogP contribution in [0.1, 0.15) is 40.6 Å². The van der Waals surface area contributed by atoms with Crippen molar-refractivity contribution in [1.82, 2.24) is 14.9 Å². The Kier molecular flexibility index (Phi) is 12.0. The molecule has 1 aromatic carbocycles. The fourth-order valence-corrected chi connectivity index (χ4v) is 4.25. The van der Waals surface area contributed by atoms with Crippen LogP contribution in [0.25, 0.3) is 0 Å². The van der Waals surface area contributed by atoms with Gasteiger partial charge in [0.1, 0.15) is 23.9 Å². The molecule has 2 unspecified atom stereocenters. The number of amidine groups is 1. The molecule has 0 saturated heterocycles. The Morgan fingerprint density at radius 2 is 1.94 bits per heavy atom. The van der Waals surface area contributed by atoms with Crippen LogP contribution in [0.15, 0.2) is 40.7 Å². The van der Waals surface area contributed by atoms with E-state index in [2.05, 4.69) is 11.9 Å². The maximum atomic E-state index is 11.3. The molecule has 0 aliphatic carbocycles. The molecule has 0 amide bonds. The predicted molar refractivity (Wildman–Crippen MR) is 127 cm³/mol. The van der Waals surface area contributed by atoms with E-state index in [1.54, 1.807) is 6.92 Å². The zero-order chi connectivity index (χ0) is 24.0. The Morgan fingerprint density at radius 3 is 2.53 bits per heavy atom. The van der Waals surface area contributed by atoms with E-state index in [1.165, 1.54) is 0 Å². The molecule has 3 rings (SSSR count). The summed E-state index contributed by atoms with van der Waals surface area (Å²) >= 11 is 0. The molecule has 2 aliphatic rings. The zero-order valence-electron chi connectivity index (χ0n) is 22.0. The van der Waals surface area contributed by atoms with Gasteiger partial charge in [0.15, 0.2) is 12.3 Å². The molecular weight excluding hydrogens is 463 g/mol. The summed E-state index contributed by atoms with van der Waals surface area (Å²) < 4.78 is 11.2. The third kappa shape index (κ3) is 7.04. The molecule has 0 saturated carbocycles. The second-order valence-corrected chi connectivity index (χ2v) is 8.17. The van der Waals surface area contributed by atoms with Crippen LogP contribution in [0.4, 0.5) is 0 Å². The molecule has 2 heterocycles. The van der Waals surface area contributed by atoms with Crippen LogP contribution in [0, 0.1) is 0 Å². The van der Waals surface area contributed by atoms with Crippen molar-refractivity contribution in [2.24, 2.45) is 4.99 Å². The minimum absolute atomic E-state index is 0. The van der Waals surface area contributed by atoms with Crippen molar-refractivity contribution in [2.45, 2.75) is 52.4 Å². The number of benzene rings is 1. The van der Waals surface area contributed by atoms with Crippen molar-refractivity contribution in [3.8, 4) is 5.75 Å². The Hall–Kier alpha value is -0.984. The van der Waals surface area contributed by atoms with Gasteiger partial charge in [-0.05, 0) is 31.0 Å². The molecule has 0 radical (unpaired) electrons. The van der Waals surface area contributed by atoms with Gasteiger partial charge in [0, 0.05) is 33.0 Å². The Morgan fingerprint density at radius 1 is 1.24 bits per heavy atom. The van der Waals surface area contributed by atoms with E-state index < -0.39 is 18.3 Å². The number of hydrazine groups is 1. The first kappa shape index (κ1) is 29.2. The first-order valence-corrected chi connectivity index (χ1v) is 11.7. The second kappa shape index (κ2) is 13.9. The number of carboxylic acids is 1. The summed E-state index contributed by atoms with van der Waals surface area (Å²) in [6.45, 7) is 8.85. The number of hydrogen-bond donors (Lipinski definition) is 2. The van der Waals surface area contributed by atoms with Crippen LogP contribution < -0.4 is 56.1 Å². The standard InChI is InChI=1S/C24H36N4O5.K.H/c1-5-12-27-16-19-22(26(27)4)23(29)28(21(6-2)25-19)13-14-33-18-10-8-17(9-11-18)15-20(24(30)31)32-7-3;;/h8-11,20,23,29H,5-7,12-16H2,1-4H3,(H,30,31);;/q;+1;-1. The summed E-state index contributed by atoms with van der Waals surface area (Å²) in [6, 6.07) is 7.36. The van der Waals surface area contributed by atoms with Gasteiger partial charge >= 0.3 is 57.4 Å². The summed E-state index contributed by atoms with van der Waals surface area (Å²) in [5.74, 6) is 0.591. The predicted octanol–water partition coefficient (Wildman–Crippen LogP) is -0.559. The summed E-state index contributed by atoms with van der Waals surface area (Å²) in [5, 5.41) is 24.6. The third-order valence-electron chi connectivity index (χ3n) is 5.92. The fraction of sp³-hybridized carbons (Fsp3) is 0.583. The monoisotopic (exact) mass is 500 g/mol. The van der Waals surface area contributed by atoms with E-state index in [4.69, 9.17) is 14.5 Å². The van der Waals surface area contributed by atoms with Gasteiger partial charge in [-0.25, -0.2) is 14.8 Å². The number of carboxylic acid groups (broad SMARTS) is 1. The minimum Gasteiger partial charge on any atom is -1.00 e. The normalized spacial score (nSPS) is 19.0. The van der Waals surface area contributed by atoms with Crippen LogP contribution in [-0.2, 0) is 16.0 Å². The SMILES string of the molecule is CCCN1CC2=C(C(O)N(CCOc3ccc(CC(OCC)C(=O)O)cc3)C(CC)=N2)N1C.[H-].[K+]. The second-order valence-electron chi connectivity index (χ2n) is 8.17. The molecule has 34 heavy (non-hydrogen) atoms. The maximum Gasteiger partial charge on any atom is 1.00 e. The molecule has 1 aromatic rings. The molecule has 9 nitrogen and oxygen atoms in total. The molecule has 2 aliphatic heterocycles. The van der Waals surface area contributed by atoms with E-state index in [-0.39, 0.29) is 52.8 Å². The number of aliphatic hydroxyl groups is 1. The van der Waals surface area contributed by atoms with Crippen LogP contribution >= 0.6 is 0 Å². The quantitative estimate of drug-likeness (QED) is 0.369. The number of aliphatic imine (C=N–C) groups is 1. The third-order valence-corrected chi connectivity index (χ3v) is 5.92. The van der Waals surface area contributed by atoms with Gasteiger partial charge in [0.25, 0.3) is 0 Å². The summed E-state index contributed by atoms with van der Waals surface area (Å²) in [7, 11) is 1.98. The summed E-state index contributed by atoms with van der Waals surface area (Å²) in [5.41, 5.74) is 2.65. The van der Waals surface area contributed by atoms with E-state index >= 15 is 0 Å². The largest absolute Gasteiger partial charge is 1.00 e. The number of rotatable bonds is 12. The van der Waals surface area contributed by atoms with Gasteiger partial charge in [0.05, 0.1) is 18.8 Å². The smallest absolute Gasteiger partial charge is 1.00 e. The first-order valence-electron chi connectivity index (χ1n) is 11.7. The summed E-state index contributed by atoms with van der Waals surface area (Å²) in [4.78, 5) is 18.0. The van der Waals surface area contributed by atoms with E-state index in [0.717, 1.165) is 48.7 Å². The number of carbonyl (C=O) groups is 1. The van der Waals surface area contributed by atoms with Crippen molar-refractivity contribution >= 4 is 11.8 Å². The van der Waals surface area contributed by atoms with E-state index in [1.807, 2.05) is 48.1 Å². The molecule has 0 fully saturated rings. The van der Waals surface area contributed by atoms with Gasteiger partial charge in [0.2, 0.25) is 0 Å². The van der Waals surface area contributed by atoms with Gasteiger partial charge < -0.3 is 31.0 Å². The number of aliphatic hydroxyl groups excluding tert-OH is 1. The average Bonchev–Trinajstić information content (AvgIpc) is 3.11. The van der Waals surface area contributed by atoms with Crippen molar-refractivity contribution in [3.63, 3.8) is 0 Å². The molecule has 0 bridgehead atoms. The van der Waals surface area contributed by atoms with Crippen molar-refractivity contribution < 1.29 is 77.3 Å². The topological polar surface area (TPSA) is 98.1 Å². The Labute approximate surface area is 246 Å². The fourth-order valence-electron chi connectivity index (χ4n) is 4.25. The number of nitrogens with zero attached hydrogens (tertiary/aromatic N) is 4. The van der Waals surface area contributed by atoms with E-state index in [9.17, 15) is 15.0 Å². The molecule has 2 N–H and O–H groups in total. The van der Waals surface area contributed by atoms with Gasteiger partial charge in [-0.15, -0.1) is 0 Å². The zero-order valence-corrected chi connectivity index (χ0v) is 24.2. The van der Waals surface area contributed by atoms with Crippen LogP contribution in [0.3, 0.4) is 0 Å². The number of aliphatic carboxylic acids is 1. The van der Waals surface area contributed by atoms with Crippen molar-refractivity contribution in [1.29, 1.82) is 0 Å². The molecule has 10 heteroatoms. The number of ether oxygens (including phenoxy) is 2. The Balaban J connectivity index is 0.00000306. The van der Waals surface area contributed by atoms with E-state index in [0.29, 0.717) is 31.9 Å². The van der Waals surface area contributed by atoms with Crippen molar-refractivity contribution in [2.75, 3.05) is 39.9 Å². The van der Waals surface area contributed by atoms with Gasteiger partial charge in [-0.2, -0.15) is 0 Å². The molecule has 184 valence electrons. The molecule has 0 spiro atoms. The Bertz CT molecular complexity index is 883. The molecular formula is C24H37KN4O5. The molecule has 0 aromatic heterocycles. The molecule has 2 atom stereocenters. The average molecular weight is 501 g/mol. The summed E-state index contributed by atoms with van der Waals surface area (Å²) in [6.07, 6.45) is 0.460. The van der Waals surface area contributed by atoms with Gasteiger partial charge in [-0.1, -0.05) is 26.0 Å². The van der Waals surface area contributed by atoms with Crippen LogP contribution in [0.2, 0.25) is 0 Å². The van der Waals surface area contributed by atoms with Crippen LogP contribution in [-0.4, -0.2) is 89.2 Å². The number of likely N-dealkylation sites (N-methyl/N-ethyl adjacent to an activating group) is 1. The van der Waals surface area contributed by atoms with Crippen LogP contribution in [0.5, 0.6) is 5.75 Å².